The van der Waals surface area contributed by atoms with Crippen LogP contribution in [-0.2, 0) is 16.1 Å². The molecule has 0 spiro atoms. The normalized spacial score (nSPS) is 26.8. The molecule has 4 rings (SSSR count). The molecular formula is C19H27N3O2. The van der Waals surface area contributed by atoms with Gasteiger partial charge in [0.15, 0.2) is 0 Å². The molecule has 130 valence electrons. The molecule has 1 atom stereocenters. The highest BCUT2D eigenvalue weighted by molar-refractivity contribution is 5.80. The van der Waals surface area contributed by atoms with E-state index in [2.05, 4.69) is 45.0 Å². The highest BCUT2D eigenvalue weighted by atomic mass is 16.5. The van der Waals surface area contributed by atoms with Gasteiger partial charge in [-0.2, -0.15) is 0 Å². The summed E-state index contributed by atoms with van der Waals surface area (Å²) in [6.07, 6.45) is 3.65. The SMILES string of the molecule is O=C1CN(CC2CN(Cc3ccccc3)CCCO2)CN1C1CC1. The van der Waals surface area contributed by atoms with E-state index in [0.717, 1.165) is 45.9 Å². The first-order chi connectivity index (χ1) is 11.8. The summed E-state index contributed by atoms with van der Waals surface area (Å²) in [5.74, 6) is 0.298. The molecule has 5 nitrogen and oxygen atoms in total. The molecule has 0 aromatic heterocycles. The third kappa shape index (κ3) is 3.97. The standard InChI is InChI=1S/C19H27N3O2/c23-19-14-21(15-22(19)17-7-8-17)13-18-12-20(9-4-10-24-18)11-16-5-2-1-3-6-16/h1-3,5-6,17-18H,4,7-15H2. The summed E-state index contributed by atoms with van der Waals surface area (Å²) in [6.45, 7) is 6.05. The summed E-state index contributed by atoms with van der Waals surface area (Å²) in [5.41, 5.74) is 1.36. The molecule has 1 aromatic rings. The van der Waals surface area contributed by atoms with Gasteiger partial charge in [0.1, 0.15) is 0 Å². The largest absolute Gasteiger partial charge is 0.375 e. The number of hydrogen-bond acceptors (Lipinski definition) is 4. The van der Waals surface area contributed by atoms with Gasteiger partial charge in [-0.15, -0.1) is 0 Å². The topological polar surface area (TPSA) is 36.0 Å². The van der Waals surface area contributed by atoms with Gasteiger partial charge in [0.25, 0.3) is 0 Å². The maximum atomic E-state index is 12.1. The third-order valence-electron chi connectivity index (χ3n) is 5.16. The fraction of sp³-hybridized carbons (Fsp3) is 0.632. The summed E-state index contributed by atoms with van der Waals surface area (Å²) in [4.78, 5) is 18.9. The average molecular weight is 329 g/mol. The van der Waals surface area contributed by atoms with E-state index in [1.165, 1.54) is 18.4 Å². The highest BCUT2D eigenvalue weighted by Gasteiger charge is 2.39. The van der Waals surface area contributed by atoms with Gasteiger partial charge in [0.2, 0.25) is 5.91 Å². The molecule has 0 N–H and O–H groups in total. The van der Waals surface area contributed by atoms with Crippen LogP contribution >= 0.6 is 0 Å². The van der Waals surface area contributed by atoms with Crippen LogP contribution in [0.5, 0.6) is 0 Å². The molecule has 0 radical (unpaired) electrons. The molecule has 1 amide bonds. The summed E-state index contributed by atoms with van der Waals surface area (Å²) in [7, 11) is 0. The van der Waals surface area contributed by atoms with Crippen molar-refractivity contribution in [3.05, 3.63) is 35.9 Å². The first kappa shape index (κ1) is 16.1. The maximum absolute atomic E-state index is 12.1. The Bertz CT molecular complexity index is 561. The summed E-state index contributed by atoms with van der Waals surface area (Å²) in [5, 5.41) is 0. The Kier molecular flexibility index (Phi) is 4.83. The molecule has 1 aromatic carbocycles. The Labute approximate surface area is 144 Å². The minimum atomic E-state index is 0.197. The monoisotopic (exact) mass is 329 g/mol. The fourth-order valence-electron chi connectivity index (χ4n) is 3.81. The van der Waals surface area contributed by atoms with Crippen LogP contribution < -0.4 is 0 Å². The Balaban J connectivity index is 1.32. The lowest BCUT2D eigenvalue weighted by molar-refractivity contribution is -0.127. The second kappa shape index (κ2) is 7.21. The van der Waals surface area contributed by atoms with Crippen molar-refractivity contribution >= 4 is 5.91 Å². The van der Waals surface area contributed by atoms with Crippen LogP contribution in [0.1, 0.15) is 24.8 Å². The van der Waals surface area contributed by atoms with E-state index < -0.39 is 0 Å². The number of carbonyl (C=O) groups excluding carboxylic acids is 1. The van der Waals surface area contributed by atoms with Crippen LogP contribution in [0.4, 0.5) is 0 Å². The quantitative estimate of drug-likeness (QED) is 0.821. The van der Waals surface area contributed by atoms with E-state index in [-0.39, 0.29) is 6.10 Å². The lowest BCUT2D eigenvalue weighted by atomic mass is 10.2. The molecule has 3 fully saturated rings. The highest BCUT2D eigenvalue weighted by Crippen LogP contribution is 2.29. The molecule has 5 heteroatoms. The average Bonchev–Trinajstić information content (AvgIpc) is 3.37. The Morgan fingerprint density at radius 3 is 2.75 bits per heavy atom. The van der Waals surface area contributed by atoms with Crippen molar-refractivity contribution in [2.45, 2.75) is 38.0 Å². The Morgan fingerprint density at radius 1 is 1.12 bits per heavy atom. The van der Waals surface area contributed by atoms with Crippen molar-refractivity contribution in [3.8, 4) is 0 Å². The summed E-state index contributed by atoms with van der Waals surface area (Å²) in [6, 6.07) is 11.2. The molecule has 3 aliphatic rings. The third-order valence-corrected chi connectivity index (χ3v) is 5.16. The van der Waals surface area contributed by atoms with E-state index in [1.807, 2.05) is 0 Å². The van der Waals surface area contributed by atoms with E-state index in [1.54, 1.807) is 0 Å². The Morgan fingerprint density at radius 2 is 1.96 bits per heavy atom. The second-order valence-electron chi connectivity index (χ2n) is 7.31. The van der Waals surface area contributed by atoms with Crippen LogP contribution in [0, 0.1) is 0 Å². The van der Waals surface area contributed by atoms with Crippen molar-refractivity contribution in [2.24, 2.45) is 0 Å². The molecule has 2 saturated heterocycles. The van der Waals surface area contributed by atoms with Crippen LogP contribution in [0.3, 0.4) is 0 Å². The minimum Gasteiger partial charge on any atom is -0.375 e. The van der Waals surface area contributed by atoms with Crippen molar-refractivity contribution in [1.29, 1.82) is 0 Å². The van der Waals surface area contributed by atoms with Crippen molar-refractivity contribution in [3.63, 3.8) is 0 Å². The van der Waals surface area contributed by atoms with Crippen LogP contribution in [-0.4, -0.2) is 72.2 Å². The molecule has 0 bridgehead atoms. The van der Waals surface area contributed by atoms with Crippen molar-refractivity contribution in [1.82, 2.24) is 14.7 Å². The predicted molar refractivity (Wildman–Crippen MR) is 92.4 cm³/mol. The Hall–Kier alpha value is -1.43. The fourth-order valence-corrected chi connectivity index (χ4v) is 3.81. The molecule has 2 aliphatic heterocycles. The predicted octanol–water partition coefficient (Wildman–Crippen LogP) is 1.54. The number of benzene rings is 1. The van der Waals surface area contributed by atoms with Gasteiger partial charge in [0, 0.05) is 38.8 Å². The zero-order valence-electron chi connectivity index (χ0n) is 14.3. The first-order valence-electron chi connectivity index (χ1n) is 9.17. The number of ether oxygens (including phenoxy) is 1. The van der Waals surface area contributed by atoms with Crippen LogP contribution in [0.15, 0.2) is 30.3 Å². The van der Waals surface area contributed by atoms with E-state index >= 15 is 0 Å². The van der Waals surface area contributed by atoms with Crippen molar-refractivity contribution < 1.29 is 9.53 Å². The van der Waals surface area contributed by atoms with Gasteiger partial charge < -0.3 is 9.64 Å². The number of nitrogens with zero attached hydrogens (tertiary/aromatic N) is 3. The van der Waals surface area contributed by atoms with E-state index in [4.69, 9.17) is 4.74 Å². The van der Waals surface area contributed by atoms with Crippen molar-refractivity contribution in [2.75, 3.05) is 39.5 Å². The molecule has 1 saturated carbocycles. The first-order valence-corrected chi connectivity index (χ1v) is 9.17. The lowest BCUT2D eigenvalue weighted by Gasteiger charge is -2.27. The number of carbonyl (C=O) groups is 1. The maximum Gasteiger partial charge on any atom is 0.238 e. The van der Waals surface area contributed by atoms with Gasteiger partial charge in [-0.1, -0.05) is 30.3 Å². The number of amides is 1. The van der Waals surface area contributed by atoms with Gasteiger partial charge in [-0.25, -0.2) is 0 Å². The number of hydrogen-bond donors (Lipinski definition) is 0. The van der Waals surface area contributed by atoms with Gasteiger partial charge in [-0.3, -0.25) is 14.6 Å². The summed E-state index contributed by atoms with van der Waals surface area (Å²) < 4.78 is 6.07. The minimum absolute atomic E-state index is 0.197. The molecule has 2 heterocycles. The summed E-state index contributed by atoms with van der Waals surface area (Å²) >= 11 is 0. The van der Waals surface area contributed by atoms with Gasteiger partial charge in [0.05, 0.1) is 19.3 Å². The molecular weight excluding hydrogens is 302 g/mol. The lowest BCUT2D eigenvalue weighted by Crippen LogP contribution is -2.40. The number of rotatable bonds is 5. The van der Waals surface area contributed by atoms with Crippen LogP contribution in [0.25, 0.3) is 0 Å². The molecule has 1 aliphatic carbocycles. The van der Waals surface area contributed by atoms with E-state index in [0.29, 0.717) is 18.5 Å². The van der Waals surface area contributed by atoms with Gasteiger partial charge >= 0.3 is 0 Å². The zero-order valence-corrected chi connectivity index (χ0v) is 14.3. The molecule has 24 heavy (non-hydrogen) atoms. The van der Waals surface area contributed by atoms with E-state index in [9.17, 15) is 4.79 Å². The smallest absolute Gasteiger partial charge is 0.238 e. The second-order valence-corrected chi connectivity index (χ2v) is 7.31. The van der Waals surface area contributed by atoms with Crippen LogP contribution in [0.2, 0.25) is 0 Å². The zero-order chi connectivity index (χ0) is 16.4. The van der Waals surface area contributed by atoms with Gasteiger partial charge in [-0.05, 0) is 24.8 Å². The molecule has 1 unspecified atom stereocenters.